The summed E-state index contributed by atoms with van der Waals surface area (Å²) in [5.41, 5.74) is 0.979. The van der Waals surface area contributed by atoms with Crippen LogP contribution in [0.3, 0.4) is 0 Å². The average Bonchev–Trinajstić information content (AvgIpc) is 3.43. The molecule has 0 bridgehead atoms. The molecule has 9 nitrogen and oxygen atoms in total. The molecule has 0 atom stereocenters. The molecule has 1 saturated heterocycles. The van der Waals surface area contributed by atoms with Gasteiger partial charge in [-0.2, -0.15) is 5.26 Å². The molecule has 0 spiro atoms. The molecular formula is C21H20N6O3. The highest BCUT2D eigenvalue weighted by molar-refractivity contribution is 5.92. The van der Waals surface area contributed by atoms with Crippen LogP contribution >= 0.6 is 0 Å². The molecule has 0 aliphatic carbocycles. The van der Waals surface area contributed by atoms with Crippen molar-refractivity contribution < 1.29 is 14.3 Å². The fourth-order valence-electron chi connectivity index (χ4n) is 3.39. The number of amides is 3. The molecule has 2 N–H and O–H groups in total. The first-order chi connectivity index (χ1) is 14.6. The molecule has 1 aliphatic heterocycles. The Bertz CT molecular complexity index is 1160. The third-order valence-corrected chi connectivity index (χ3v) is 4.94. The minimum Gasteiger partial charge on any atom is -0.456 e. The predicted octanol–water partition coefficient (Wildman–Crippen LogP) is 3.52. The number of hydrogen-bond acceptors (Lipinski definition) is 5. The van der Waals surface area contributed by atoms with Gasteiger partial charge in [0.25, 0.3) is 0 Å². The van der Waals surface area contributed by atoms with Crippen molar-refractivity contribution in [3.05, 3.63) is 48.3 Å². The minimum atomic E-state index is -0.238. The number of aromatic nitrogens is 2. The molecule has 1 aliphatic rings. The topological polar surface area (TPSA) is 112 Å². The number of nitrogens with zero attached hydrogens (tertiary/aromatic N) is 4. The van der Waals surface area contributed by atoms with E-state index >= 15 is 0 Å². The molecule has 0 radical (unpaired) electrons. The number of rotatable bonds is 3. The van der Waals surface area contributed by atoms with Gasteiger partial charge in [0.2, 0.25) is 0 Å². The van der Waals surface area contributed by atoms with Crippen LogP contribution in [0, 0.1) is 11.3 Å². The number of ether oxygens (including phenoxy) is 1. The van der Waals surface area contributed by atoms with E-state index in [1.54, 1.807) is 42.4 Å². The molecule has 0 unspecified atom stereocenters. The van der Waals surface area contributed by atoms with Gasteiger partial charge in [-0.3, -0.25) is 9.88 Å². The van der Waals surface area contributed by atoms with E-state index in [0.717, 1.165) is 36.8 Å². The van der Waals surface area contributed by atoms with Crippen LogP contribution in [0.25, 0.3) is 10.9 Å². The Morgan fingerprint density at radius 2 is 1.97 bits per heavy atom. The van der Waals surface area contributed by atoms with Gasteiger partial charge in [-0.15, -0.1) is 0 Å². The van der Waals surface area contributed by atoms with E-state index in [4.69, 9.17) is 4.74 Å². The summed E-state index contributed by atoms with van der Waals surface area (Å²) in [4.78, 5) is 30.1. The summed E-state index contributed by atoms with van der Waals surface area (Å²) < 4.78 is 7.41. The zero-order valence-electron chi connectivity index (χ0n) is 16.4. The lowest BCUT2D eigenvalue weighted by molar-refractivity contribution is 0.222. The Balaban J connectivity index is 1.58. The van der Waals surface area contributed by atoms with Crippen molar-refractivity contribution in [2.45, 2.75) is 12.8 Å². The first-order valence-electron chi connectivity index (χ1n) is 9.56. The molecule has 1 aromatic carbocycles. The van der Waals surface area contributed by atoms with E-state index in [-0.39, 0.29) is 23.4 Å². The number of carbonyl (C=O) groups is 2. The highest BCUT2D eigenvalue weighted by Crippen LogP contribution is 2.30. The molecule has 152 valence electrons. The van der Waals surface area contributed by atoms with Crippen LogP contribution in [0.4, 0.5) is 15.4 Å². The number of pyridine rings is 1. The van der Waals surface area contributed by atoms with Gasteiger partial charge in [0.15, 0.2) is 0 Å². The first kappa shape index (κ1) is 19.3. The van der Waals surface area contributed by atoms with Crippen LogP contribution in [0.15, 0.2) is 42.7 Å². The van der Waals surface area contributed by atoms with Gasteiger partial charge in [-0.1, -0.05) is 0 Å². The number of carbonyl (C=O) groups excluding carboxylic acids is 2. The van der Waals surface area contributed by atoms with E-state index in [9.17, 15) is 14.9 Å². The smallest absolute Gasteiger partial charge is 0.325 e. The second-order valence-electron chi connectivity index (χ2n) is 6.87. The molecule has 30 heavy (non-hydrogen) atoms. The lowest BCUT2D eigenvalue weighted by Gasteiger charge is -2.16. The van der Waals surface area contributed by atoms with Crippen LogP contribution in [0.1, 0.15) is 18.4 Å². The largest absolute Gasteiger partial charge is 0.456 e. The summed E-state index contributed by atoms with van der Waals surface area (Å²) in [6.07, 6.45) is 5.03. The van der Waals surface area contributed by atoms with Crippen molar-refractivity contribution in [3.8, 4) is 17.6 Å². The van der Waals surface area contributed by atoms with Crippen molar-refractivity contribution in [3.63, 3.8) is 0 Å². The molecule has 1 fully saturated rings. The maximum Gasteiger partial charge on any atom is 0.325 e. The highest BCUT2D eigenvalue weighted by atomic mass is 16.5. The minimum absolute atomic E-state index is 0.215. The normalized spacial score (nSPS) is 13.1. The van der Waals surface area contributed by atoms with E-state index in [2.05, 4.69) is 15.6 Å². The summed E-state index contributed by atoms with van der Waals surface area (Å²) >= 11 is 0. The zero-order chi connectivity index (χ0) is 21.1. The van der Waals surface area contributed by atoms with E-state index in [1.807, 2.05) is 6.07 Å². The number of likely N-dealkylation sites (tertiary alicyclic amines) is 1. The van der Waals surface area contributed by atoms with E-state index in [0.29, 0.717) is 11.6 Å². The molecule has 0 saturated carbocycles. The fraction of sp³-hybridized carbons (Fsp3) is 0.238. The van der Waals surface area contributed by atoms with Gasteiger partial charge in [0.1, 0.15) is 28.9 Å². The van der Waals surface area contributed by atoms with Crippen molar-refractivity contribution in [1.82, 2.24) is 19.8 Å². The standard InChI is InChI=1S/C21H20N6O3/c1-23-20(28)27-9-6-14-10-16(4-5-17(14)27)30-18-11-19(24-13-15(18)12-22)25-21(29)26-7-2-3-8-26/h4-6,9-11,13H,2-3,7-8H2,1H3,(H,23,28)(H,24,25,29). The van der Waals surface area contributed by atoms with Gasteiger partial charge in [0, 0.05) is 37.8 Å². The molecule has 9 heteroatoms. The summed E-state index contributed by atoms with van der Waals surface area (Å²) in [5, 5.41) is 15.5. The van der Waals surface area contributed by atoms with Crippen molar-refractivity contribution >= 4 is 28.8 Å². The first-order valence-corrected chi connectivity index (χ1v) is 9.56. The number of urea groups is 1. The second kappa shape index (κ2) is 8.13. The summed E-state index contributed by atoms with van der Waals surface area (Å²) in [6, 6.07) is 10.2. The molecule has 2 aromatic heterocycles. The lowest BCUT2D eigenvalue weighted by atomic mass is 10.2. The van der Waals surface area contributed by atoms with Crippen LogP contribution in [0.2, 0.25) is 0 Å². The zero-order valence-corrected chi connectivity index (χ0v) is 16.4. The molecule has 3 amide bonds. The average molecular weight is 404 g/mol. The monoisotopic (exact) mass is 404 g/mol. The van der Waals surface area contributed by atoms with Crippen LogP contribution in [-0.4, -0.2) is 46.7 Å². The van der Waals surface area contributed by atoms with Gasteiger partial charge in [0.05, 0.1) is 11.7 Å². The lowest BCUT2D eigenvalue weighted by Crippen LogP contribution is -2.32. The maximum atomic E-state index is 12.3. The maximum absolute atomic E-state index is 12.3. The molecular weight excluding hydrogens is 384 g/mol. The van der Waals surface area contributed by atoms with Gasteiger partial charge < -0.3 is 15.0 Å². The SMILES string of the molecule is CNC(=O)n1ccc2cc(Oc3cc(NC(=O)N4CCCC4)ncc3C#N)ccc21. The molecule has 4 rings (SSSR count). The number of fused-ring (bicyclic) bond motifs is 1. The molecule has 3 aromatic rings. The number of anilines is 1. The number of nitriles is 1. The Morgan fingerprint density at radius 3 is 2.70 bits per heavy atom. The summed E-state index contributed by atoms with van der Waals surface area (Å²) in [7, 11) is 1.57. The van der Waals surface area contributed by atoms with Crippen molar-refractivity contribution in [2.24, 2.45) is 0 Å². The van der Waals surface area contributed by atoms with Crippen LogP contribution in [-0.2, 0) is 0 Å². The number of nitrogens with one attached hydrogen (secondary N) is 2. The third-order valence-electron chi connectivity index (χ3n) is 4.94. The fourth-order valence-corrected chi connectivity index (χ4v) is 3.39. The van der Waals surface area contributed by atoms with Gasteiger partial charge >= 0.3 is 12.1 Å². The summed E-state index contributed by atoms with van der Waals surface area (Å²) in [6.45, 7) is 1.45. The van der Waals surface area contributed by atoms with E-state index in [1.165, 1.54) is 16.8 Å². The Hall–Kier alpha value is -4.06. The predicted molar refractivity (Wildman–Crippen MR) is 111 cm³/mol. The van der Waals surface area contributed by atoms with Gasteiger partial charge in [-0.05, 0) is 37.1 Å². The second-order valence-corrected chi connectivity index (χ2v) is 6.87. The quantitative estimate of drug-likeness (QED) is 0.694. The van der Waals surface area contributed by atoms with Crippen LogP contribution in [0.5, 0.6) is 11.5 Å². The third kappa shape index (κ3) is 3.75. The summed E-state index contributed by atoms with van der Waals surface area (Å²) in [5.74, 6) is 1.10. The number of benzene rings is 1. The Labute approximate surface area is 172 Å². The van der Waals surface area contributed by atoms with Crippen LogP contribution < -0.4 is 15.4 Å². The highest BCUT2D eigenvalue weighted by Gasteiger charge is 2.19. The Morgan fingerprint density at radius 1 is 1.17 bits per heavy atom. The van der Waals surface area contributed by atoms with Crippen molar-refractivity contribution in [1.29, 1.82) is 5.26 Å². The number of hydrogen-bond donors (Lipinski definition) is 2. The Kier molecular flexibility index (Phi) is 5.22. The van der Waals surface area contributed by atoms with Gasteiger partial charge in [-0.25, -0.2) is 14.6 Å². The van der Waals surface area contributed by atoms with Crippen molar-refractivity contribution in [2.75, 3.05) is 25.5 Å². The molecule has 3 heterocycles. The van der Waals surface area contributed by atoms with E-state index < -0.39 is 0 Å².